The summed E-state index contributed by atoms with van der Waals surface area (Å²) in [5, 5.41) is 6.78. The number of hydrogen-bond donors (Lipinski definition) is 2. The molecule has 1 aromatic rings. The average Bonchev–Trinajstić information content (AvgIpc) is 2.72. The van der Waals surface area contributed by atoms with E-state index < -0.39 is 0 Å². The van der Waals surface area contributed by atoms with Crippen molar-refractivity contribution in [3.63, 3.8) is 0 Å². The molecule has 0 amide bonds. The van der Waals surface area contributed by atoms with Gasteiger partial charge in [0, 0.05) is 39.8 Å². The average molecular weight is 407 g/mol. The van der Waals surface area contributed by atoms with Crippen LogP contribution in [0, 0.1) is 5.92 Å². The van der Waals surface area contributed by atoms with Gasteiger partial charge in [-0.25, -0.2) is 0 Å². The van der Waals surface area contributed by atoms with E-state index >= 15 is 0 Å². The summed E-state index contributed by atoms with van der Waals surface area (Å²) >= 11 is 0. The van der Waals surface area contributed by atoms with Crippen LogP contribution in [0.3, 0.4) is 0 Å². The van der Waals surface area contributed by atoms with Crippen molar-refractivity contribution in [3.05, 3.63) is 23.8 Å². The van der Waals surface area contributed by atoms with Gasteiger partial charge in [0.05, 0.1) is 26.9 Å². The van der Waals surface area contributed by atoms with Crippen LogP contribution in [-0.2, 0) is 11.2 Å². The second-order valence-electron chi connectivity index (χ2n) is 7.82. The molecule has 0 aromatic heterocycles. The maximum atomic E-state index is 5.90. The minimum atomic E-state index is 0.202. The number of hydrogen-bond acceptors (Lipinski definition) is 5. The zero-order valence-electron chi connectivity index (χ0n) is 18.7. The SMILES string of the molecule is CN=C(NCCCc1ccc(OC)c(OC)c1)NCC1CN(CC(C)C)CCO1. The molecule has 1 aliphatic heterocycles. The first-order valence-corrected chi connectivity index (χ1v) is 10.5. The fraction of sp³-hybridized carbons (Fsp3) is 0.682. The number of morpholine rings is 1. The summed E-state index contributed by atoms with van der Waals surface area (Å²) in [5.74, 6) is 3.04. The summed E-state index contributed by atoms with van der Waals surface area (Å²) in [6, 6.07) is 6.07. The Morgan fingerprint density at radius 1 is 1.24 bits per heavy atom. The topological polar surface area (TPSA) is 67.4 Å². The molecule has 0 saturated carbocycles. The zero-order chi connectivity index (χ0) is 21.1. The molecule has 1 aromatic carbocycles. The maximum Gasteiger partial charge on any atom is 0.191 e. The summed E-state index contributed by atoms with van der Waals surface area (Å²) in [6.07, 6.45) is 2.16. The third-order valence-electron chi connectivity index (χ3n) is 4.95. The third kappa shape index (κ3) is 8.11. The fourth-order valence-corrected chi connectivity index (χ4v) is 3.55. The van der Waals surface area contributed by atoms with E-state index in [1.54, 1.807) is 21.3 Å². The van der Waals surface area contributed by atoms with Crippen molar-refractivity contribution < 1.29 is 14.2 Å². The number of nitrogens with zero attached hydrogens (tertiary/aromatic N) is 2. The second kappa shape index (κ2) is 12.5. The van der Waals surface area contributed by atoms with E-state index in [0.717, 1.165) is 69.6 Å². The molecule has 0 spiro atoms. The van der Waals surface area contributed by atoms with Gasteiger partial charge in [0.25, 0.3) is 0 Å². The van der Waals surface area contributed by atoms with Crippen molar-refractivity contribution in [2.75, 3.05) is 60.6 Å². The van der Waals surface area contributed by atoms with Crippen molar-refractivity contribution in [2.45, 2.75) is 32.8 Å². The molecule has 1 unspecified atom stereocenters. The van der Waals surface area contributed by atoms with E-state index in [0.29, 0.717) is 5.92 Å². The number of methoxy groups -OCH3 is 2. The van der Waals surface area contributed by atoms with Crippen molar-refractivity contribution in [1.29, 1.82) is 0 Å². The Morgan fingerprint density at radius 3 is 2.72 bits per heavy atom. The highest BCUT2D eigenvalue weighted by Crippen LogP contribution is 2.27. The first-order chi connectivity index (χ1) is 14.0. The lowest BCUT2D eigenvalue weighted by Gasteiger charge is -2.34. The maximum absolute atomic E-state index is 5.90. The van der Waals surface area contributed by atoms with Crippen LogP contribution in [0.5, 0.6) is 11.5 Å². The first-order valence-electron chi connectivity index (χ1n) is 10.5. The van der Waals surface area contributed by atoms with Crippen molar-refractivity contribution in [3.8, 4) is 11.5 Å². The molecule has 2 rings (SSSR count). The van der Waals surface area contributed by atoms with Crippen molar-refractivity contribution in [1.82, 2.24) is 15.5 Å². The molecular formula is C22H38N4O3. The summed E-state index contributed by atoms with van der Waals surface area (Å²) < 4.78 is 16.6. The lowest BCUT2D eigenvalue weighted by Crippen LogP contribution is -2.50. The Bertz CT molecular complexity index is 636. The molecular weight excluding hydrogens is 368 g/mol. The predicted molar refractivity (Wildman–Crippen MR) is 118 cm³/mol. The molecule has 1 heterocycles. The van der Waals surface area contributed by atoms with Gasteiger partial charge < -0.3 is 24.8 Å². The number of nitrogens with one attached hydrogen (secondary N) is 2. The Kier molecular flexibility index (Phi) is 10.1. The summed E-state index contributed by atoms with van der Waals surface area (Å²) in [5.41, 5.74) is 1.23. The largest absolute Gasteiger partial charge is 0.493 e. The lowest BCUT2D eigenvalue weighted by molar-refractivity contribution is -0.0284. The highest BCUT2D eigenvalue weighted by atomic mass is 16.5. The molecule has 1 saturated heterocycles. The monoisotopic (exact) mass is 406 g/mol. The smallest absolute Gasteiger partial charge is 0.191 e. The van der Waals surface area contributed by atoms with E-state index in [9.17, 15) is 0 Å². The Balaban J connectivity index is 1.69. The van der Waals surface area contributed by atoms with Crippen LogP contribution < -0.4 is 20.1 Å². The molecule has 164 valence electrons. The van der Waals surface area contributed by atoms with Crippen LogP contribution in [0.2, 0.25) is 0 Å². The van der Waals surface area contributed by atoms with E-state index in [2.05, 4.69) is 40.4 Å². The normalized spacial score (nSPS) is 18.0. The summed E-state index contributed by atoms with van der Waals surface area (Å²) in [7, 11) is 5.12. The summed E-state index contributed by atoms with van der Waals surface area (Å²) in [6.45, 7) is 10.1. The minimum Gasteiger partial charge on any atom is -0.493 e. The van der Waals surface area contributed by atoms with Crippen LogP contribution in [0.4, 0.5) is 0 Å². The molecule has 7 heteroatoms. The Hall–Kier alpha value is -1.99. The van der Waals surface area contributed by atoms with Crippen LogP contribution >= 0.6 is 0 Å². The highest BCUT2D eigenvalue weighted by Gasteiger charge is 2.21. The number of ether oxygens (including phenoxy) is 3. The van der Waals surface area contributed by atoms with E-state index in [-0.39, 0.29) is 6.10 Å². The van der Waals surface area contributed by atoms with Crippen LogP contribution in [0.15, 0.2) is 23.2 Å². The van der Waals surface area contributed by atoms with Gasteiger partial charge in [0.2, 0.25) is 0 Å². The first kappa shape index (κ1) is 23.3. The Morgan fingerprint density at radius 2 is 2.03 bits per heavy atom. The molecule has 29 heavy (non-hydrogen) atoms. The van der Waals surface area contributed by atoms with Gasteiger partial charge in [0.1, 0.15) is 0 Å². The molecule has 0 bridgehead atoms. The van der Waals surface area contributed by atoms with Gasteiger partial charge in [-0.2, -0.15) is 0 Å². The van der Waals surface area contributed by atoms with Crippen LogP contribution in [0.25, 0.3) is 0 Å². The molecule has 0 aliphatic carbocycles. The van der Waals surface area contributed by atoms with E-state index in [4.69, 9.17) is 14.2 Å². The van der Waals surface area contributed by atoms with Gasteiger partial charge in [-0.15, -0.1) is 0 Å². The number of benzene rings is 1. The van der Waals surface area contributed by atoms with Crippen LogP contribution in [0.1, 0.15) is 25.8 Å². The van der Waals surface area contributed by atoms with Crippen LogP contribution in [-0.4, -0.2) is 77.6 Å². The predicted octanol–water partition coefficient (Wildman–Crippen LogP) is 2.16. The highest BCUT2D eigenvalue weighted by molar-refractivity contribution is 5.79. The van der Waals surface area contributed by atoms with E-state index in [1.165, 1.54) is 5.56 Å². The second-order valence-corrected chi connectivity index (χ2v) is 7.82. The van der Waals surface area contributed by atoms with E-state index in [1.807, 2.05) is 12.1 Å². The van der Waals surface area contributed by atoms with Gasteiger partial charge in [-0.3, -0.25) is 9.89 Å². The van der Waals surface area contributed by atoms with Gasteiger partial charge >= 0.3 is 0 Å². The quantitative estimate of drug-likeness (QED) is 0.353. The minimum absolute atomic E-state index is 0.202. The molecule has 0 radical (unpaired) electrons. The molecule has 1 atom stereocenters. The van der Waals surface area contributed by atoms with Gasteiger partial charge in [-0.05, 0) is 36.5 Å². The zero-order valence-corrected chi connectivity index (χ0v) is 18.7. The summed E-state index contributed by atoms with van der Waals surface area (Å²) in [4.78, 5) is 6.81. The number of rotatable bonds is 10. The lowest BCUT2D eigenvalue weighted by atomic mass is 10.1. The van der Waals surface area contributed by atoms with Crippen molar-refractivity contribution in [2.24, 2.45) is 10.9 Å². The molecule has 2 N–H and O–H groups in total. The molecule has 7 nitrogen and oxygen atoms in total. The Labute approximate surface area is 175 Å². The standard InChI is InChI=1S/C22H38N4O3/c1-17(2)15-26-11-12-29-19(16-26)14-25-22(23-3)24-10-6-7-18-8-9-20(27-4)21(13-18)28-5/h8-9,13,17,19H,6-7,10-12,14-16H2,1-5H3,(H2,23,24,25). The van der Waals surface area contributed by atoms with Gasteiger partial charge in [0.15, 0.2) is 17.5 Å². The van der Waals surface area contributed by atoms with Gasteiger partial charge in [-0.1, -0.05) is 19.9 Å². The molecule has 1 aliphatic rings. The fourth-order valence-electron chi connectivity index (χ4n) is 3.55. The molecule has 1 fully saturated rings. The number of aryl methyl sites for hydroxylation is 1. The number of aliphatic imine (C=N–C) groups is 1. The third-order valence-corrected chi connectivity index (χ3v) is 4.95. The number of guanidine groups is 1. The van der Waals surface area contributed by atoms with Crippen molar-refractivity contribution >= 4 is 5.96 Å².